The minimum atomic E-state index is -0.911. The van der Waals surface area contributed by atoms with E-state index in [1.54, 1.807) is 0 Å². The van der Waals surface area contributed by atoms with Crippen LogP contribution in [0.1, 0.15) is 38.5 Å². The molecule has 4 N–H and O–H groups in total. The van der Waals surface area contributed by atoms with Crippen molar-refractivity contribution in [2.45, 2.75) is 38.5 Å². The molecule has 3 amide bonds. The summed E-state index contributed by atoms with van der Waals surface area (Å²) < 4.78 is 0. The summed E-state index contributed by atoms with van der Waals surface area (Å²) in [5.74, 6) is -0.0111. The summed E-state index contributed by atoms with van der Waals surface area (Å²) >= 11 is 0. The molecule has 4 fully saturated rings. The summed E-state index contributed by atoms with van der Waals surface area (Å²) in [7, 11) is 0. The Kier molecular flexibility index (Phi) is 4.08. The van der Waals surface area contributed by atoms with Crippen LogP contribution < -0.4 is 16.2 Å². The van der Waals surface area contributed by atoms with Crippen molar-refractivity contribution >= 4 is 17.7 Å². The van der Waals surface area contributed by atoms with Crippen LogP contribution in [0, 0.1) is 23.2 Å². The monoisotopic (exact) mass is 309 g/mol. The molecule has 0 aromatic heterocycles. The van der Waals surface area contributed by atoms with Crippen LogP contribution in [-0.2, 0) is 14.4 Å². The van der Waals surface area contributed by atoms with Crippen LogP contribution in [0.25, 0.3) is 0 Å². The summed E-state index contributed by atoms with van der Waals surface area (Å²) in [6, 6.07) is 0. The fraction of sp³-hybridized carbons (Fsp3) is 0.800. The molecular weight excluding hydrogens is 286 g/mol. The van der Waals surface area contributed by atoms with Gasteiger partial charge in [0.25, 0.3) is 0 Å². The van der Waals surface area contributed by atoms with Crippen molar-refractivity contribution in [2.24, 2.45) is 23.2 Å². The third-order valence-corrected chi connectivity index (χ3v) is 5.41. The van der Waals surface area contributed by atoms with Crippen molar-refractivity contribution in [3.05, 3.63) is 0 Å². The average Bonchev–Trinajstić information content (AvgIpc) is 2.48. The number of hydrogen-bond acceptors (Lipinski definition) is 4. The second-order valence-electron chi connectivity index (χ2n) is 7.09. The number of aliphatic hydroxyl groups is 1. The molecule has 0 aromatic rings. The van der Waals surface area contributed by atoms with E-state index in [0.29, 0.717) is 17.8 Å². The smallest absolute Gasteiger partial charge is 0.327 e. The highest BCUT2D eigenvalue weighted by molar-refractivity contribution is 6.35. The second-order valence-corrected chi connectivity index (χ2v) is 7.09. The Labute approximate surface area is 129 Å². The van der Waals surface area contributed by atoms with Gasteiger partial charge in [0.15, 0.2) is 0 Å². The van der Waals surface area contributed by atoms with Gasteiger partial charge in [-0.05, 0) is 56.3 Å². The number of carbonyl (C=O) groups excluding carboxylic acids is 3. The minimum absolute atomic E-state index is 0.00910. The minimum Gasteiger partial charge on any atom is -0.395 e. The summed E-state index contributed by atoms with van der Waals surface area (Å²) in [6.45, 7) is -0.228. The molecule has 4 aliphatic rings. The maximum Gasteiger partial charge on any atom is 0.327 e. The maximum atomic E-state index is 12.5. The Hall–Kier alpha value is -1.63. The van der Waals surface area contributed by atoms with E-state index in [1.165, 1.54) is 19.3 Å². The number of hydrazine groups is 1. The molecule has 0 radical (unpaired) electrons. The van der Waals surface area contributed by atoms with Gasteiger partial charge < -0.3 is 10.4 Å². The second kappa shape index (κ2) is 5.87. The lowest BCUT2D eigenvalue weighted by molar-refractivity contribution is -0.150. The van der Waals surface area contributed by atoms with Crippen LogP contribution in [0.2, 0.25) is 0 Å². The van der Waals surface area contributed by atoms with E-state index in [4.69, 9.17) is 5.11 Å². The first-order valence-corrected chi connectivity index (χ1v) is 8.02. The van der Waals surface area contributed by atoms with Gasteiger partial charge in [-0.1, -0.05) is 0 Å². The van der Waals surface area contributed by atoms with Crippen LogP contribution in [-0.4, -0.2) is 36.0 Å². The molecule has 0 atom stereocenters. The highest BCUT2D eigenvalue weighted by atomic mass is 16.3. The van der Waals surface area contributed by atoms with E-state index in [0.717, 1.165) is 19.3 Å². The molecule has 0 heterocycles. The summed E-state index contributed by atoms with van der Waals surface area (Å²) in [4.78, 5) is 35.5. The van der Waals surface area contributed by atoms with Crippen molar-refractivity contribution in [3.8, 4) is 0 Å². The van der Waals surface area contributed by atoms with Crippen LogP contribution in [0.3, 0.4) is 0 Å². The highest BCUT2D eigenvalue weighted by Crippen LogP contribution is 2.59. The van der Waals surface area contributed by atoms with Gasteiger partial charge in [-0.3, -0.25) is 25.2 Å². The van der Waals surface area contributed by atoms with Gasteiger partial charge >= 0.3 is 11.8 Å². The van der Waals surface area contributed by atoms with Crippen molar-refractivity contribution in [1.29, 1.82) is 0 Å². The molecular formula is C15H23N3O4. The van der Waals surface area contributed by atoms with E-state index >= 15 is 0 Å². The molecule has 22 heavy (non-hydrogen) atoms. The average molecular weight is 309 g/mol. The van der Waals surface area contributed by atoms with Gasteiger partial charge in [0.1, 0.15) is 0 Å². The van der Waals surface area contributed by atoms with Crippen LogP contribution in [0.5, 0.6) is 0 Å². The SMILES string of the molecule is O=C(NCCO)C(=O)NNC(=O)C12CC3CC(CC(C3)C1)C2. The van der Waals surface area contributed by atoms with Crippen molar-refractivity contribution < 1.29 is 19.5 Å². The predicted molar refractivity (Wildman–Crippen MR) is 77.0 cm³/mol. The number of rotatable bonds is 3. The standard InChI is InChI=1S/C15H23N3O4/c19-2-1-16-12(20)13(21)17-18-14(22)15-6-9-3-10(7-15)5-11(4-9)8-15/h9-11,19H,1-8H2,(H,16,20)(H,17,21)(H,18,22). The number of hydrogen-bond donors (Lipinski definition) is 4. The molecule has 0 spiro atoms. The van der Waals surface area contributed by atoms with Gasteiger partial charge in [0, 0.05) is 6.54 Å². The fourth-order valence-corrected chi connectivity index (χ4v) is 4.94. The van der Waals surface area contributed by atoms with Crippen molar-refractivity contribution in [2.75, 3.05) is 13.2 Å². The quantitative estimate of drug-likeness (QED) is 0.415. The zero-order valence-corrected chi connectivity index (χ0v) is 12.6. The molecule has 4 rings (SSSR count). The van der Waals surface area contributed by atoms with E-state index in [9.17, 15) is 14.4 Å². The number of aliphatic hydroxyl groups excluding tert-OH is 1. The molecule has 4 bridgehead atoms. The molecule has 4 aliphatic carbocycles. The summed E-state index contributed by atoms with van der Waals surface area (Å²) in [5.41, 5.74) is 4.26. The number of carbonyl (C=O) groups is 3. The molecule has 122 valence electrons. The lowest BCUT2D eigenvalue weighted by Crippen LogP contribution is -2.58. The molecule has 4 saturated carbocycles. The van der Waals surface area contributed by atoms with E-state index in [-0.39, 0.29) is 24.5 Å². The fourth-order valence-electron chi connectivity index (χ4n) is 4.94. The highest BCUT2D eigenvalue weighted by Gasteiger charge is 2.54. The van der Waals surface area contributed by atoms with Crippen LogP contribution >= 0.6 is 0 Å². The van der Waals surface area contributed by atoms with E-state index in [1.807, 2.05) is 0 Å². The largest absolute Gasteiger partial charge is 0.395 e. The molecule has 0 aliphatic heterocycles. The predicted octanol–water partition coefficient (Wildman–Crippen LogP) is -0.541. The van der Waals surface area contributed by atoms with Crippen molar-refractivity contribution in [1.82, 2.24) is 16.2 Å². The first kappa shape index (κ1) is 15.3. The first-order chi connectivity index (χ1) is 10.5. The Balaban J connectivity index is 1.54. The molecule has 0 unspecified atom stereocenters. The Bertz CT molecular complexity index is 456. The molecule has 0 saturated heterocycles. The van der Waals surface area contributed by atoms with Crippen LogP contribution in [0.15, 0.2) is 0 Å². The topological polar surface area (TPSA) is 108 Å². The Morgan fingerprint density at radius 1 is 0.909 bits per heavy atom. The molecule has 7 heteroatoms. The summed E-state index contributed by atoms with van der Waals surface area (Å²) in [6.07, 6.45) is 6.42. The normalized spacial score (nSPS) is 35.0. The third kappa shape index (κ3) is 2.82. The van der Waals surface area contributed by atoms with Crippen molar-refractivity contribution in [3.63, 3.8) is 0 Å². The maximum absolute atomic E-state index is 12.5. The zero-order valence-electron chi connectivity index (χ0n) is 12.6. The van der Waals surface area contributed by atoms with E-state index < -0.39 is 11.8 Å². The van der Waals surface area contributed by atoms with Gasteiger partial charge in [-0.25, -0.2) is 0 Å². The number of nitrogens with one attached hydrogen (secondary N) is 3. The van der Waals surface area contributed by atoms with Gasteiger partial charge in [0.2, 0.25) is 5.91 Å². The van der Waals surface area contributed by atoms with Gasteiger partial charge in [-0.2, -0.15) is 0 Å². The summed E-state index contributed by atoms with van der Waals surface area (Å²) in [5, 5.41) is 10.8. The van der Waals surface area contributed by atoms with Crippen LogP contribution in [0.4, 0.5) is 0 Å². The third-order valence-electron chi connectivity index (χ3n) is 5.41. The lowest BCUT2D eigenvalue weighted by Gasteiger charge is -2.55. The van der Waals surface area contributed by atoms with E-state index in [2.05, 4.69) is 16.2 Å². The zero-order chi connectivity index (χ0) is 15.7. The lowest BCUT2D eigenvalue weighted by atomic mass is 9.49. The molecule has 7 nitrogen and oxygen atoms in total. The Morgan fingerprint density at radius 2 is 1.45 bits per heavy atom. The van der Waals surface area contributed by atoms with Gasteiger partial charge in [-0.15, -0.1) is 0 Å². The Morgan fingerprint density at radius 3 is 1.95 bits per heavy atom. The molecule has 0 aromatic carbocycles. The van der Waals surface area contributed by atoms with Gasteiger partial charge in [0.05, 0.1) is 12.0 Å². The number of amides is 3. The first-order valence-electron chi connectivity index (χ1n) is 8.02.